The number of rotatable bonds is 10. The number of hydrogen-bond donors (Lipinski definition) is 2. The molecule has 0 spiro atoms. The van der Waals surface area contributed by atoms with Gasteiger partial charge in [-0.25, -0.2) is 0 Å². The number of hydrogen-bond acceptors (Lipinski definition) is 4. The van der Waals surface area contributed by atoms with E-state index in [2.05, 4.69) is 10.1 Å². The third-order valence-corrected chi connectivity index (χ3v) is 1.79. The van der Waals surface area contributed by atoms with Gasteiger partial charge in [-0.2, -0.15) is 13.2 Å². The van der Waals surface area contributed by atoms with Crippen LogP contribution in [0.15, 0.2) is 0 Å². The minimum absolute atomic E-state index is 0.0836. The highest BCUT2D eigenvalue weighted by Crippen LogP contribution is 2.14. The van der Waals surface area contributed by atoms with Crippen molar-refractivity contribution in [3.63, 3.8) is 0 Å². The summed E-state index contributed by atoms with van der Waals surface area (Å²) in [6, 6.07) is 0. The minimum Gasteiger partial charge on any atom is -0.380 e. The Morgan fingerprint density at radius 1 is 1.17 bits per heavy atom. The minimum atomic E-state index is -4.35. The molecule has 1 amide bonds. The number of carbonyl (C=O) groups is 1. The van der Waals surface area contributed by atoms with Crippen molar-refractivity contribution in [3.8, 4) is 0 Å². The molecule has 18 heavy (non-hydrogen) atoms. The monoisotopic (exact) mass is 272 g/mol. The molecule has 8 heteroatoms. The molecular formula is C10H19F3N2O3. The molecular weight excluding hydrogens is 253 g/mol. The Morgan fingerprint density at radius 3 is 2.50 bits per heavy atom. The zero-order valence-electron chi connectivity index (χ0n) is 10.1. The van der Waals surface area contributed by atoms with E-state index in [0.717, 1.165) is 0 Å². The van der Waals surface area contributed by atoms with Crippen molar-refractivity contribution < 1.29 is 27.4 Å². The zero-order valence-corrected chi connectivity index (χ0v) is 10.1. The van der Waals surface area contributed by atoms with Crippen molar-refractivity contribution >= 4 is 5.91 Å². The standard InChI is InChI=1S/C10H19F3N2O3/c11-10(12,13)8-18-6-2-9(16)15-4-1-5-17-7-3-14/h1-8,14H2,(H,15,16). The maximum atomic E-state index is 11.7. The Bertz CT molecular complexity index is 225. The van der Waals surface area contributed by atoms with Crippen LogP contribution in [0.4, 0.5) is 13.2 Å². The fourth-order valence-corrected chi connectivity index (χ4v) is 1.03. The van der Waals surface area contributed by atoms with Crippen molar-refractivity contribution in [3.05, 3.63) is 0 Å². The third-order valence-electron chi connectivity index (χ3n) is 1.79. The lowest BCUT2D eigenvalue weighted by atomic mass is 10.4. The van der Waals surface area contributed by atoms with Crippen LogP contribution in [0, 0.1) is 0 Å². The predicted molar refractivity (Wildman–Crippen MR) is 59.0 cm³/mol. The van der Waals surface area contributed by atoms with Crippen LogP contribution in [0.5, 0.6) is 0 Å². The SMILES string of the molecule is NCCOCCCNC(=O)CCOCC(F)(F)F. The summed E-state index contributed by atoms with van der Waals surface area (Å²) in [4.78, 5) is 11.1. The molecule has 0 aliphatic carbocycles. The average molecular weight is 272 g/mol. The highest BCUT2D eigenvalue weighted by molar-refractivity contribution is 5.75. The van der Waals surface area contributed by atoms with Crippen molar-refractivity contribution in [2.24, 2.45) is 5.73 Å². The molecule has 0 heterocycles. The number of carbonyl (C=O) groups excluding carboxylic acids is 1. The largest absolute Gasteiger partial charge is 0.411 e. The lowest BCUT2D eigenvalue weighted by Crippen LogP contribution is -2.27. The highest BCUT2D eigenvalue weighted by atomic mass is 19.4. The van der Waals surface area contributed by atoms with Gasteiger partial charge in [0.2, 0.25) is 5.91 Å². The molecule has 0 rings (SSSR count). The molecule has 0 saturated heterocycles. The second-order valence-electron chi connectivity index (χ2n) is 3.52. The van der Waals surface area contributed by atoms with Crippen molar-refractivity contribution in [1.29, 1.82) is 0 Å². The van der Waals surface area contributed by atoms with Gasteiger partial charge < -0.3 is 20.5 Å². The van der Waals surface area contributed by atoms with E-state index in [-0.39, 0.29) is 18.9 Å². The first kappa shape index (κ1) is 17.1. The molecule has 0 aromatic carbocycles. The molecule has 0 aliphatic rings. The van der Waals surface area contributed by atoms with E-state index in [1.54, 1.807) is 0 Å². The van der Waals surface area contributed by atoms with Crippen molar-refractivity contribution in [2.75, 3.05) is 39.5 Å². The van der Waals surface area contributed by atoms with Gasteiger partial charge >= 0.3 is 6.18 Å². The number of nitrogens with one attached hydrogen (secondary N) is 1. The maximum absolute atomic E-state index is 11.7. The topological polar surface area (TPSA) is 73.6 Å². The number of alkyl halides is 3. The number of nitrogens with two attached hydrogens (primary N) is 1. The van der Waals surface area contributed by atoms with E-state index < -0.39 is 12.8 Å². The molecule has 0 aromatic rings. The average Bonchev–Trinajstić information content (AvgIpc) is 2.28. The van der Waals surface area contributed by atoms with Crippen LogP contribution in [0.1, 0.15) is 12.8 Å². The summed E-state index contributed by atoms with van der Waals surface area (Å²) in [5.74, 6) is -0.337. The summed E-state index contributed by atoms with van der Waals surface area (Å²) in [7, 11) is 0. The van der Waals surface area contributed by atoms with Gasteiger partial charge in [-0.1, -0.05) is 0 Å². The lowest BCUT2D eigenvalue weighted by Gasteiger charge is -2.08. The molecule has 0 bridgehead atoms. The number of amides is 1. The van der Waals surface area contributed by atoms with Gasteiger partial charge in [0, 0.05) is 26.1 Å². The fraction of sp³-hybridized carbons (Fsp3) is 0.900. The molecule has 5 nitrogen and oxygen atoms in total. The molecule has 0 atom stereocenters. The van der Waals surface area contributed by atoms with Crippen LogP contribution >= 0.6 is 0 Å². The van der Waals surface area contributed by atoms with E-state index in [1.807, 2.05) is 0 Å². The van der Waals surface area contributed by atoms with E-state index >= 15 is 0 Å². The van der Waals surface area contributed by atoms with Gasteiger partial charge in [0.25, 0.3) is 0 Å². The summed E-state index contributed by atoms with van der Waals surface area (Å²) < 4.78 is 44.4. The second-order valence-corrected chi connectivity index (χ2v) is 3.52. The Morgan fingerprint density at radius 2 is 1.89 bits per heavy atom. The summed E-state index contributed by atoms with van der Waals surface area (Å²) in [6.45, 7) is 0.259. The first-order valence-corrected chi connectivity index (χ1v) is 5.64. The van der Waals surface area contributed by atoms with Gasteiger partial charge in [-0.3, -0.25) is 4.79 Å². The maximum Gasteiger partial charge on any atom is 0.411 e. The molecule has 0 saturated carbocycles. The van der Waals surface area contributed by atoms with Crippen LogP contribution in [0.2, 0.25) is 0 Å². The van der Waals surface area contributed by atoms with Gasteiger partial charge in [0.1, 0.15) is 6.61 Å². The molecule has 3 N–H and O–H groups in total. The molecule has 108 valence electrons. The Labute approximate surface area is 104 Å². The Hall–Kier alpha value is -0.860. The molecule has 0 fully saturated rings. The van der Waals surface area contributed by atoms with E-state index in [0.29, 0.717) is 32.7 Å². The quantitative estimate of drug-likeness (QED) is 0.566. The van der Waals surface area contributed by atoms with Crippen molar-refractivity contribution in [2.45, 2.75) is 19.0 Å². The fourth-order valence-electron chi connectivity index (χ4n) is 1.03. The summed E-state index contributed by atoms with van der Waals surface area (Å²) >= 11 is 0. The molecule has 0 radical (unpaired) electrons. The first-order valence-electron chi connectivity index (χ1n) is 5.64. The first-order chi connectivity index (χ1) is 8.45. The Kier molecular flexibility index (Phi) is 9.62. The van der Waals surface area contributed by atoms with E-state index in [4.69, 9.17) is 10.5 Å². The summed E-state index contributed by atoms with van der Waals surface area (Å²) in [6.07, 6.45) is -3.80. The Balaban J connectivity index is 3.28. The zero-order chi connectivity index (χ0) is 13.9. The number of halogens is 3. The molecule has 0 aliphatic heterocycles. The van der Waals surface area contributed by atoms with Gasteiger partial charge in [-0.15, -0.1) is 0 Å². The molecule has 0 unspecified atom stereocenters. The van der Waals surface area contributed by atoms with Crippen LogP contribution < -0.4 is 11.1 Å². The smallest absolute Gasteiger partial charge is 0.380 e. The van der Waals surface area contributed by atoms with Gasteiger partial charge in [0.15, 0.2) is 0 Å². The predicted octanol–water partition coefficient (Wildman–Crippen LogP) is 0.437. The van der Waals surface area contributed by atoms with E-state index in [1.165, 1.54) is 0 Å². The lowest BCUT2D eigenvalue weighted by molar-refractivity contribution is -0.174. The van der Waals surface area contributed by atoms with Crippen LogP contribution in [-0.4, -0.2) is 51.6 Å². The van der Waals surface area contributed by atoms with Crippen LogP contribution in [0.25, 0.3) is 0 Å². The third kappa shape index (κ3) is 13.2. The van der Waals surface area contributed by atoms with Crippen LogP contribution in [0.3, 0.4) is 0 Å². The van der Waals surface area contributed by atoms with Gasteiger partial charge in [0.05, 0.1) is 13.2 Å². The molecule has 0 aromatic heterocycles. The van der Waals surface area contributed by atoms with Crippen molar-refractivity contribution in [1.82, 2.24) is 5.32 Å². The summed E-state index contributed by atoms with van der Waals surface area (Å²) in [5, 5.41) is 2.55. The van der Waals surface area contributed by atoms with E-state index in [9.17, 15) is 18.0 Å². The highest BCUT2D eigenvalue weighted by Gasteiger charge is 2.27. The summed E-state index contributed by atoms with van der Waals surface area (Å²) in [5.41, 5.74) is 5.20. The number of ether oxygens (including phenoxy) is 2. The van der Waals surface area contributed by atoms with Gasteiger partial charge in [-0.05, 0) is 6.42 Å². The normalized spacial score (nSPS) is 11.6. The van der Waals surface area contributed by atoms with Crippen LogP contribution in [-0.2, 0) is 14.3 Å². The second kappa shape index (κ2) is 10.1.